The number of rotatable bonds is 11. The van der Waals surface area contributed by atoms with E-state index in [1.165, 1.54) is 76.6 Å². The van der Waals surface area contributed by atoms with Crippen LogP contribution in [0.25, 0.3) is 0 Å². The topological polar surface area (TPSA) is 38.1 Å². The summed E-state index contributed by atoms with van der Waals surface area (Å²) in [5.74, 6) is 2.78. The van der Waals surface area contributed by atoms with Crippen molar-refractivity contribution in [2.75, 3.05) is 19.6 Å². The number of carbonyl (C=O) groups excluding carboxylic acids is 1. The summed E-state index contributed by atoms with van der Waals surface area (Å²) in [5.41, 5.74) is 2.10. The predicted octanol–water partition coefficient (Wildman–Crippen LogP) is 6.23. The Bertz CT molecular complexity index is 691. The predicted molar refractivity (Wildman–Crippen MR) is 129 cm³/mol. The zero-order valence-corrected chi connectivity index (χ0v) is 20.3. The van der Waals surface area contributed by atoms with Crippen LogP contribution < -0.4 is 0 Å². The van der Waals surface area contributed by atoms with Gasteiger partial charge in [0.25, 0.3) is 0 Å². The number of hydrogen-bond acceptors (Lipinski definition) is 3. The highest BCUT2D eigenvalue weighted by Gasteiger charge is 2.26. The van der Waals surface area contributed by atoms with Crippen molar-refractivity contribution in [1.29, 1.82) is 0 Å². The van der Waals surface area contributed by atoms with Gasteiger partial charge in [0, 0.05) is 18.7 Å². The molecule has 3 rings (SSSR count). The first-order valence-corrected chi connectivity index (χ1v) is 12.9. The van der Waals surface area contributed by atoms with Gasteiger partial charge in [0.15, 0.2) is 5.78 Å². The number of hydrogen-bond donors (Lipinski definition) is 0. The third-order valence-corrected chi connectivity index (χ3v) is 7.70. The molecule has 0 aromatic carbocycles. The lowest BCUT2D eigenvalue weighted by Gasteiger charge is -2.32. The van der Waals surface area contributed by atoms with Crippen molar-refractivity contribution in [2.24, 2.45) is 17.8 Å². The number of ketones is 1. The molecule has 0 amide bonds. The molecule has 0 bridgehead atoms. The van der Waals surface area contributed by atoms with E-state index < -0.39 is 0 Å². The van der Waals surface area contributed by atoms with Gasteiger partial charge in [0.2, 0.25) is 0 Å². The number of carbonyl (C=O) groups is 1. The maximum absolute atomic E-state index is 12.1. The molecule has 1 saturated carbocycles. The molecule has 2 fully saturated rings. The molecule has 2 heterocycles. The highest BCUT2D eigenvalue weighted by molar-refractivity contribution is 5.96. The van der Waals surface area contributed by atoms with Gasteiger partial charge >= 0.3 is 0 Å². The Labute approximate surface area is 190 Å². The van der Waals surface area contributed by atoms with Crippen LogP contribution in [0.3, 0.4) is 0 Å². The van der Waals surface area contributed by atoms with Crippen LogP contribution in [-0.2, 0) is 11.3 Å². The number of Topliss-reactive ketones (excluding diaryl/α,β-unsaturated/α-hetero) is 1. The molecule has 1 saturated heterocycles. The van der Waals surface area contributed by atoms with Crippen molar-refractivity contribution in [3.8, 4) is 0 Å². The second-order valence-electron chi connectivity index (χ2n) is 10.6. The van der Waals surface area contributed by atoms with Crippen LogP contribution in [0.5, 0.6) is 0 Å². The number of likely N-dealkylation sites (tertiary alicyclic amines) is 1. The first kappa shape index (κ1) is 24.2. The van der Waals surface area contributed by atoms with Gasteiger partial charge in [-0.15, -0.1) is 0 Å². The average molecular weight is 428 g/mol. The third-order valence-electron chi connectivity index (χ3n) is 7.70. The van der Waals surface area contributed by atoms with Crippen molar-refractivity contribution in [1.82, 2.24) is 14.7 Å². The van der Waals surface area contributed by atoms with Crippen molar-refractivity contribution in [2.45, 2.75) is 97.4 Å². The first-order valence-electron chi connectivity index (χ1n) is 12.9. The molecule has 1 aromatic heterocycles. The van der Waals surface area contributed by atoms with Gasteiger partial charge in [-0.1, -0.05) is 39.7 Å². The van der Waals surface area contributed by atoms with Gasteiger partial charge in [-0.05, 0) is 100 Å². The van der Waals surface area contributed by atoms with E-state index in [1.54, 1.807) is 0 Å². The van der Waals surface area contributed by atoms with E-state index in [9.17, 15) is 4.79 Å². The molecular weight excluding hydrogens is 382 g/mol. The Morgan fingerprint density at radius 1 is 1.06 bits per heavy atom. The van der Waals surface area contributed by atoms with E-state index in [2.05, 4.69) is 41.3 Å². The van der Waals surface area contributed by atoms with E-state index in [0.29, 0.717) is 11.7 Å². The second-order valence-corrected chi connectivity index (χ2v) is 10.6. The standard InChI is InChI=1S/C27H45N3O/c1-21(2)26-18-28-30(20-26)19-24-13-16-29(17-14-24)15-7-5-6-8-23-9-11-25(12-10-23)27(31)22(3)4/h18,20-21,23-25H,3,5-17,19H2,1-2,4H3. The fraction of sp³-hybridized carbons (Fsp3) is 0.778. The maximum Gasteiger partial charge on any atom is 0.161 e. The molecule has 0 spiro atoms. The Morgan fingerprint density at radius 2 is 1.77 bits per heavy atom. The van der Waals surface area contributed by atoms with E-state index in [0.717, 1.165) is 36.8 Å². The van der Waals surface area contributed by atoms with Crippen LogP contribution >= 0.6 is 0 Å². The van der Waals surface area contributed by atoms with E-state index >= 15 is 0 Å². The third kappa shape index (κ3) is 7.59. The summed E-state index contributed by atoms with van der Waals surface area (Å²) in [6.45, 7) is 15.0. The van der Waals surface area contributed by atoms with Crippen molar-refractivity contribution in [3.63, 3.8) is 0 Å². The van der Waals surface area contributed by atoms with Gasteiger partial charge in [0.05, 0.1) is 6.20 Å². The van der Waals surface area contributed by atoms with Crippen LogP contribution in [0.15, 0.2) is 24.5 Å². The Kier molecular flexibility index (Phi) is 9.37. The molecule has 174 valence electrons. The number of aromatic nitrogens is 2. The Balaban J connectivity index is 1.22. The van der Waals surface area contributed by atoms with Crippen LogP contribution in [0, 0.1) is 17.8 Å². The van der Waals surface area contributed by atoms with Gasteiger partial charge < -0.3 is 4.90 Å². The van der Waals surface area contributed by atoms with Crippen molar-refractivity contribution < 1.29 is 4.79 Å². The Morgan fingerprint density at radius 3 is 2.39 bits per heavy atom. The molecular formula is C27H45N3O. The van der Waals surface area contributed by atoms with Gasteiger partial charge in [-0.2, -0.15) is 5.10 Å². The average Bonchev–Trinajstić information content (AvgIpc) is 3.23. The lowest BCUT2D eigenvalue weighted by molar-refractivity contribution is -0.120. The molecule has 0 atom stereocenters. The molecule has 0 unspecified atom stereocenters. The number of nitrogens with zero attached hydrogens (tertiary/aromatic N) is 3. The quantitative estimate of drug-likeness (QED) is 0.310. The maximum atomic E-state index is 12.1. The summed E-state index contributed by atoms with van der Waals surface area (Å²) in [6.07, 6.45) is 17.0. The summed E-state index contributed by atoms with van der Waals surface area (Å²) in [6, 6.07) is 0. The molecule has 2 aliphatic rings. The molecule has 0 radical (unpaired) electrons. The zero-order chi connectivity index (χ0) is 22.2. The number of piperidine rings is 1. The molecule has 31 heavy (non-hydrogen) atoms. The van der Waals surface area contributed by atoms with E-state index in [-0.39, 0.29) is 5.92 Å². The number of allylic oxidation sites excluding steroid dienone is 1. The monoisotopic (exact) mass is 427 g/mol. The smallest absolute Gasteiger partial charge is 0.161 e. The minimum Gasteiger partial charge on any atom is -0.303 e. The number of unbranched alkanes of at least 4 members (excludes halogenated alkanes) is 2. The van der Waals surface area contributed by atoms with Crippen molar-refractivity contribution in [3.05, 3.63) is 30.1 Å². The van der Waals surface area contributed by atoms with Gasteiger partial charge in [-0.3, -0.25) is 9.48 Å². The largest absolute Gasteiger partial charge is 0.303 e. The van der Waals surface area contributed by atoms with Crippen LogP contribution in [0.2, 0.25) is 0 Å². The lowest BCUT2D eigenvalue weighted by Crippen LogP contribution is -2.35. The summed E-state index contributed by atoms with van der Waals surface area (Å²) in [5, 5.41) is 4.56. The minimum atomic E-state index is 0.266. The lowest BCUT2D eigenvalue weighted by atomic mass is 9.77. The SMILES string of the molecule is C=C(C)C(=O)C1CCC(CCCCCN2CCC(Cn3cc(C(C)C)cn3)CC2)CC1. The fourth-order valence-corrected chi connectivity index (χ4v) is 5.44. The van der Waals surface area contributed by atoms with Gasteiger partial charge in [0.1, 0.15) is 0 Å². The molecule has 4 heteroatoms. The Hall–Kier alpha value is -1.42. The molecule has 1 aliphatic carbocycles. The summed E-state index contributed by atoms with van der Waals surface area (Å²) < 4.78 is 2.16. The normalized spacial score (nSPS) is 23.4. The van der Waals surface area contributed by atoms with Crippen LogP contribution in [0.1, 0.15) is 96.5 Å². The minimum absolute atomic E-state index is 0.266. The zero-order valence-electron chi connectivity index (χ0n) is 20.3. The molecule has 0 N–H and O–H groups in total. The van der Waals surface area contributed by atoms with Crippen LogP contribution in [-0.4, -0.2) is 40.1 Å². The second kappa shape index (κ2) is 12.0. The fourth-order valence-electron chi connectivity index (χ4n) is 5.44. The van der Waals surface area contributed by atoms with Crippen LogP contribution in [0.4, 0.5) is 0 Å². The van der Waals surface area contributed by atoms with Crippen molar-refractivity contribution >= 4 is 5.78 Å². The summed E-state index contributed by atoms with van der Waals surface area (Å²) in [4.78, 5) is 14.8. The molecule has 4 nitrogen and oxygen atoms in total. The summed E-state index contributed by atoms with van der Waals surface area (Å²) in [7, 11) is 0. The molecule has 1 aliphatic heterocycles. The van der Waals surface area contributed by atoms with E-state index in [4.69, 9.17) is 0 Å². The summed E-state index contributed by atoms with van der Waals surface area (Å²) >= 11 is 0. The van der Waals surface area contributed by atoms with E-state index in [1.807, 2.05) is 13.1 Å². The molecule has 1 aromatic rings. The first-order chi connectivity index (χ1) is 14.9. The highest BCUT2D eigenvalue weighted by atomic mass is 16.1. The van der Waals surface area contributed by atoms with Gasteiger partial charge in [-0.25, -0.2) is 0 Å². The highest BCUT2D eigenvalue weighted by Crippen LogP contribution is 2.33.